The molecule has 0 aliphatic carbocycles. The molecule has 1 atom stereocenters. The molecule has 0 saturated heterocycles. The van der Waals surface area contributed by atoms with Crippen molar-refractivity contribution >= 4 is 40.9 Å². The molecule has 0 spiro atoms. The summed E-state index contributed by atoms with van der Waals surface area (Å²) in [5, 5.41) is 6.42. The molecule has 2 aromatic rings. The maximum Gasteiger partial charge on any atom is 0.234 e. The van der Waals surface area contributed by atoms with Crippen LogP contribution in [0, 0.1) is 6.92 Å². The maximum atomic E-state index is 12.2. The molecule has 0 saturated carbocycles. The molecule has 2 amide bonds. The van der Waals surface area contributed by atoms with Crippen LogP contribution in [0.3, 0.4) is 0 Å². The van der Waals surface area contributed by atoms with Crippen LogP contribution in [0.25, 0.3) is 0 Å². The summed E-state index contributed by atoms with van der Waals surface area (Å²) in [5.74, 6) is 0.255. The predicted molar refractivity (Wildman–Crippen MR) is 110 cm³/mol. The monoisotopic (exact) mass is 390 g/mol. The number of halogens is 1. The lowest BCUT2D eigenvalue weighted by molar-refractivity contribution is -0.119. The number of rotatable bonds is 8. The molecule has 4 nitrogen and oxygen atoms in total. The Morgan fingerprint density at radius 2 is 1.62 bits per heavy atom. The first kappa shape index (κ1) is 20.3. The first-order valence-corrected chi connectivity index (χ1v) is 10.00. The van der Waals surface area contributed by atoms with Crippen LogP contribution in [-0.4, -0.2) is 23.3 Å². The molecular weight excluding hydrogens is 368 g/mol. The number of thioether (sulfide) groups is 1. The van der Waals surface area contributed by atoms with Gasteiger partial charge in [-0.15, -0.1) is 11.8 Å². The van der Waals surface area contributed by atoms with E-state index in [0.29, 0.717) is 10.7 Å². The summed E-state index contributed by atoms with van der Waals surface area (Å²) in [6, 6.07) is 15.1. The number of carbonyl (C=O) groups is 2. The zero-order valence-electron chi connectivity index (χ0n) is 14.9. The highest BCUT2D eigenvalue weighted by Gasteiger charge is 2.13. The van der Waals surface area contributed by atoms with Crippen LogP contribution >= 0.6 is 23.4 Å². The summed E-state index contributed by atoms with van der Waals surface area (Å²) in [6.45, 7) is 4.08. The zero-order chi connectivity index (χ0) is 18.9. The number of carbonyl (C=O) groups excluding carboxylic acids is 2. The molecule has 6 heteroatoms. The number of hydrogen-bond acceptors (Lipinski definition) is 3. The lowest BCUT2D eigenvalue weighted by atomic mass is 10.0. The van der Waals surface area contributed by atoms with E-state index in [1.807, 2.05) is 38.1 Å². The van der Waals surface area contributed by atoms with E-state index in [1.54, 1.807) is 24.3 Å². The Labute approximate surface area is 163 Å². The zero-order valence-corrected chi connectivity index (χ0v) is 16.5. The molecule has 0 aliphatic rings. The molecule has 2 aromatic carbocycles. The Balaban J connectivity index is 1.74. The van der Waals surface area contributed by atoms with Crippen LogP contribution < -0.4 is 10.6 Å². The number of nitrogens with one attached hydrogen (secondary N) is 2. The Bertz CT molecular complexity index is 732. The standard InChI is InChI=1S/C20H23ClN2O2S/c1-3-18(15-6-4-14(2)5-7-15)23-20(25)13-26-12-19(24)22-17-10-8-16(21)9-11-17/h4-11,18H,3,12-13H2,1-2H3,(H,22,24)(H,23,25)/t18-/m1/s1. The Morgan fingerprint density at radius 1 is 1.00 bits per heavy atom. The number of amides is 2. The van der Waals surface area contributed by atoms with Crippen molar-refractivity contribution in [2.45, 2.75) is 26.3 Å². The quantitative estimate of drug-likeness (QED) is 0.693. The van der Waals surface area contributed by atoms with Crippen molar-refractivity contribution < 1.29 is 9.59 Å². The maximum absolute atomic E-state index is 12.2. The van der Waals surface area contributed by atoms with Crippen molar-refractivity contribution in [2.24, 2.45) is 0 Å². The van der Waals surface area contributed by atoms with Gasteiger partial charge in [0.25, 0.3) is 0 Å². The number of anilines is 1. The highest BCUT2D eigenvalue weighted by molar-refractivity contribution is 8.00. The molecule has 2 N–H and O–H groups in total. The lowest BCUT2D eigenvalue weighted by Gasteiger charge is -2.17. The van der Waals surface area contributed by atoms with Crippen molar-refractivity contribution in [3.05, 3.63) is 64.7 Å². The molecule has 26 heavy (non-hydrogen) atoms. The summed E-state index contributed by atoms with van der Waals surface area (Å²) in [7, 11) is 0. The highest BCUT2D eigenvalue weighted by atomic mass is 35.5. The minimum atomic E-state index is -0.143. The van der Waals surface area contributed by atoms with Gasteiger partial charge in [-0.25, -0.2) is 0 Å². The minimum Gasteiger partial charge on any atom is -0.349 e. The highest BCUT2D eigenvalue weighted by Crippen LogP contribution is 2.18. The van der Waals surface area contributed by atoms with Crippen molar-refractivity contribution in [1.29, 1.82) is 0 Å². The molecule has 0 aromatic heterocycles. The molecule has 0 heterocycles. The average Bonchev–Trinajstić information content (AvgIpc) is 2.62. The van der Waals surface area contributed by atoms with Gasteiger partial charge in [0.2, 0.25) is 11.8 Å². The lowest BCUT2D eigenvalue weighted by Crippen LogP contribution is -2.30. The van der Waals surface area contributed by atoms with Gasteiger partial charge in [-0.3, -0.25) is 9.59 Å². The van der Waals surface area contributed by atoms with E-state index in [1.165, 1.54) is 17.3 Å². The van der Waals surface area contributed by atoms with Crippen LogP contribution in [0.5, 0.6) is 0 Å². The summed E-state index contributed by atoms with van der Waals surface area (Å²) < 4.78 is 0. The summed E-state index contributed by atoms with van der Waals surface area (Å²) in [6.07, 6.45) is 0.816. The number of hydrogen-bond donors (Lipinski definition) is 2. The Kier molecular flexibility index (Phi) is 8.01. The predicted octanol–water partition coefficient (Wildman–Crippen LogP) is 4.59. The summed E-state index contributed by atoms with van der Waals surface area (Å²) in [5.41, 5.74) is 2.98. The first-order valence-electron chi connectivity index (χ1n) is 8.47. The molecule has 2 rings (SSSR count). The van der Waals surface area contributed by atoms with Crippen LogP contribution in [0.1, 0.15) is 30.5 Å². The second kappa shape index (κ2) is 10.2. The SMILES string of the molecule is CC[C@@H](NC(=O)CSCC(=O)Nc1ccc(Cl)cc1)c1ccc(C)cc1. The fraction of sp³-hybridized carbons (Fsp3) is 0.300. The van der Waals surface area contributed by atoms with E-state index >= 15 is 0 Å². The van der Waals surface area contributed by atoms with E-state index in [2.05, 4.69) is 10.6 Å². The van der Waals surface area contributed by atoms with Gasteiger partial charge in [-0.1, -0.05) is 48.4 Å². The second-order valence-corrected chi connectivity index (χ2v) is 7.41. The molecule has 138 valence electrons. The van der Waals surface area contributed by atoms with E-state index in [0.717, 1.165) is 12.0 Å². The average molecular weight is 391 g/mol. The molecular formula is C20H23ClN2O2S. The third-order valence-corrected chi connectivity index (χ3v) is 5.00. The third-order valence-electron chi connectivity index (χ3n) is 3.82. The van der Waals surface area contributed by atoms with Crippen LogP contribution in [0.15, 0.2) is 48.5 Å². The van der Waals surface area contributed by atoms with Gasteiger partial charge < -0.3 is 10.6 Å². The molecule has 0 aliphatic heterocycles. The van der Waals surface area contributed by atoms with Crippen molar-refractivity contribution in [3.8, 4) is 0 Å². The molecule has 0 radical (unpaired) electrons. The van der Waals surface area contributed by atoms with Crippen molar-refractivity contribution in [1.82, 2.24) is 5.32 Å². The van der Waals surface area contributed by atoms with E-state index < -0.39 is 0 Å². The molecule has 0 bridgehead atoms. The molecule has 0 unspecified atom stereocenters. The first-order chi connectivity index (χ1) is 12.5. The van der Waals surface area contributed by atoms with Gasteiger partial charge in [0, 0.05) is 10.7 Å². The van der Waals surface area contributed by atoms with Crippen molar-refractivity contribution in [3.63, 3.8) is 0 Å². The van der Waals surface area contributed by atoms with Crippen LogP contribution in [0.2, 0.25) is 5.02 Å². The smallest absolute Gasteiger partial charge is 0.234 e. The van der Waals surface area contributed by atoms with Crippen LogP contribution in [0.4, 0.5) is 5.69 Å². The second-order valence-electron chi connectivity index (χ2n) is 5.99. The summed E-state index contributed by atoms with van der Waals surface area (Å²) >= 11 is 7.10. The topological polar surface area (TPSA) is 58.2 Å². The third kappa shape index (κ3) is 6.73. The van der Waals surface area contributed by atoms with Gasteiger partial charge in [-0.2, -0.15) is 0 Å². The van der Waals surface area contributed by atoms with Gasteiger partial charge in [0.1, 0.15) is 0 Å². The normalized spacial score (nSPS) is 11.7. The van der Waals surface area contributed by atoms with Gasteiger partial charge in [0.15, 0.2) is 0 Å². The summed E-state index contributed by atoms with van der Waals surface area (Å²) in [4.78, 5) is 24.1. The minimum absolute atomic E-state index is 0.00778. The van der Waals surface area contributed by atoms with E-state index in [4.69, 9.17) is 11.6 Å². The Morgan fingerprint density at radius 3 is 2.23 bits per heavy atom. The fourth-order valence-electron chi connectivity index (χ4n) is 2.42. The van der Waals surface area contributed by atoms with Crippen LogP contribution in [-0.2, 0) is 9.59 Å². The number of aryl methyl sites for hydroxylation is 1. The largest absolute Gasteiger partial charge is 0.349 e. The Hall–Kier alpha value is -1.98. The van der Waals surface area contributed by atoms with Crippen molar-refractivity contribution in [2.75, 3.05) is 16.8 Å². The molecule has 0 fully saturated rings. The van der Waals surface area contributed by atoms with Gasteiger partial charge in [0.05, 0.1) is 17.5 Å². The van der Waals surface area contributed by atoms with E-state index in [9.17, 15) is 9.59 Å². The van der Waals surface area contributed by atoms with Gasteiger partial charge >= 0.3 is 0 Å². The number of benzene rings is 2. The fourth-order valence-corrected chi connectivity index (χ4v) is 3.18. The van der Waals surface area contributed by atoms with Gasteiger partial charge in [-0.05, 0) is 43.2 Å². The van der Waals surface area contributed by atoms with E-state index in [-0.39, 0.29) is 29.4 Å².